The van der Waals surface area contributed by atoms with Crippen LogP contribution in [0.3, 0.4) is 0 Å². The van der Waals surface area contributed by atoms with Gasteiger partial charge in [-0.05, 0) is 38.5 Å². The normalized spacial score (nSPS) is 23.2. The van der Waals surface area contributed by atoms with Gasteiger partial charge in [0.15, 0.2) is 0 Å². The lowest BCUT2D eigenvalue weighted by Crippen LogP contribution is -2.45. The summed E-state index contributed by atoms with van der Waals surface area (Å²) in [5.74, 6) is -0.474. The van der Waals surface area contributed by atoms with E-state index in [4.69, 9.17) is 0 Å². The zero-order chi connectivity index (χ0) is 20.6. The molecule has 3 heterocycles. The number of aromatic nitrogens is 3. The Morgan fingerprint density at radius 3 is 2.72 bits per heavy atom. The van der Waals surface area contributed by atoms with Crippen molar-refractivity contribution in [1.29, 1.82) is 0 Å². The summed E-state index contributed by atoms with van der Waals surface area (Å²) < 4.78 is 41.2. The van der Waals surface area contributed by atoms with E-state index in [0.29, 0.717) is 31.8 Å². The van der Waals surface area contributed by atoms with Crippen molar-refractivity contribution in [3.8, 4) is 0 Å². The van der Waals surface area contributed by atoms with E-state index in [9.17, 15) is 22.8 Å². The van der Waals surface area contributed by atoms with E-state index in [0.717, 1.165) is 25.0 Å². The van der Waals surface area contributed by atoms with Crippen molar-refractivity contribution in [3.05, 3.63) is 23.8 Å². The molecule has 1 saturated carbocycles. The first-order valence-electron chi connectivity index (χ1n) is 10.0. The molecular weight excluding hydrogens is 387 g/mol. The second kappa shape index (κ2) is 7.46. The average molecular weight is 411 g/mol. The average Bonchev–Trinajstić information content (AvgIpc) is 3.39. The molecule has 0 radical (unpaired) electrons. The standard InChI is InChI=1S/C19H24F3N5O2/c20-19(21,22)18(6-7-18)17(29)26-10-4-13(5-11-26)3-8-23-16(28)14-2-1-9-27-15(14)24-12-25-27/h4,12,14H,1-3,5-11H2,(H,23,28). The second-order valence-electron chi connectivity index (χ2n) is 8.02. The Morgan fingerprint density at radius 1 is 1.28 bits per heavy atom. The first-order chi connectivity index (χ1) is 13.8. The largest absolute Gasteiger partial charge is 0.403 e. The molecule has 1 aromatic heterocycles. The quantitative estimate of drug-likeness (QED) is 0.753. The Labute approximate surface area is 166 Å². The van der Waals surface area contributed by atoms with Crippen molar-refractivity contribution in [2.45, 2.75) is 57.2 Å². The summed E-state index contributed by atoms with van der Waals surface area (Å²) in [6.07, 6.45) is 1.37. The number of nitrogens with zero attached hydrogens (tertiary/aromatic N) is 4. The topological polar surface area (TPSA) is 80.1 Å². The molecule has 3 aliphatic rings. The molecule has 10 heteroatoms. The van der Waals surface area contributed by atoms with Gasteiger partial charge in [0.1, 0.15) is 17.6 Å². The number of halogens is 3. The Hall–Kier alpha value is -2.39. The molecule has 0 saturated heterocycles. The maximum Gasteiger partial charge on any atom is 0.403 e. The van der Waals surface area contributed by atoms with Crippen molar-refractivity contribution < 1.29 is 22.8 Å². The highest BCUT2D eigenvalue weighted by Gasteiger charge is 2.69. The molecule has 7 nitrogen and oxygen atoms in total. The SMILES string of the molecule is O=C(NCCC1=CCN(C(=O)C2(C(F)(F)F)CC2)CC1)C1CCCn2ncnc21. The smallest absolute Gasteiger partial charge is 0.355 e. The first kappa shape index (κ1) is 19.9. The lowest BCUT2D eigenvalue weighted by molar-refractivity contribution is -0.198. The van der Waals surface area contributed by atoms with Crippen LogP contribution in [-0.2, 0) is 16.1 Å². The zero-order valence-electron chi connectivity index (χ0n) is 16.0. The van der Waals surface area contributed by atoms with Gasteiger partial charge in [-0.25, -0.2) is 9.67 Å². The highest BCUT2D eigenvalue weighted by Crippen LogP contribution is 2.58. The van der Waals surface area contributed by atoms with E-state index in [2.05, 4.69) is 15.4 Å². The fraction of sp³-hybridized carbons (Fsp3) is 0.684. The molecule has 0 aromatic carbocycles. The van der Waals surface area contributed by atoms with E-state index in [1.165, 1.54) is 11.2 Å². The molecule has 1 atom stereocenters. The van der Waals surface area contributed by atoms with Crippen LogP contribution in [-0.4, -0.2) is 57.3 Å². The third-order valence-corrected chi connectivity index (χ3v) is 6.17. The number of aryl methyl sites for hydroxylation is 1. The van der Waals surface area contributed by atoms with Crippen molar-refractivity contribution >= 4 is 11.8 Å². The number of amides is 2. The highest BCUT2D eigenvalue weighted by atomic mass is 19.4. The van der Waals surface area contributed by atoms with Gasteiger partial charge >= 0.3 is 6.18 Å². The number of fused-ring (bicyclic) bond motifs is 1. The van der Waals surface area contributed by atoms with Gasteiger partial charge in [0, 0.05) is 26.2 Å². The van der Waals surface area contributed by atoms with Gasteiger partial charge in [-0.3, -0.25) is 9.59 Å². The molecule has 2 amide bonds. The fourth-order valence-corrected chi connectivity index (χ4v) is 4.18. The number of hydrogen-bond acceptors (Lipinski definition) is 4. The number of rotatable bonds is 5. The lowest BCUT2D eigenvalue weighted by Gasteiger charge is -2.31. The van der Waals surface area contributed by atoms with Gasteiger partial charge < -0.3 is 10.2 Å². The fourth-order valence-electron chi connectivity index (χ4n) is 4.18. The molecule has 29 heavy (non-hydrogen) atoms. The summed E-state index contributed by atoms with van der Waals surface area (Å²) in [4.78, 5) is 30.3. The molecule has 2 aliphatic heterocycles. The summed E-state index contributed by atoms with van der Waals surface area (Å²) in [6, 6.07) is 0. The van der Waals surface area contributed by atoms with Crippen LogP contribution in [0.4, 0.5) is 13.2 Å². The monoisotopic (exact) mass is 411 g/mol. The van der Waals surface area contributed by atoms with Crippen LogP contribution in [0.15, 0.2) is 18.0 Å². The van der Waals surface area contributed by atoms with Crippen molar-refractivity contribution in [2.24, 2.45) is 5.41 Å². The molecule has 1 aliphatic carbocycles. The van der Waals surface area contributed by atoms with Crippen molar-refractivity contribution in [3.63, 3.8) is 0 Å². The van der Waals surface area contributed by atoms with E-state index < -0.39 is 17.5 Å². The summed E-state index contributed by atoms with van der Waals surface area (Å²) >= 11 is 0. The van der Waals surface area contributed by atoms with Crippen LogP contribution in [0.5, 0.6) is 0 Å². The third-order valence-electron chi connectivity index (χ3n) is 6.17. The maximum atomic E-state index is 13.1. The number of carbonyl (C=O) groups is 2. The van der Waals surface area contributed by atoms with Crippen LogP contribution in [0.25, 0.3) is 0 Å². The van der Waals surface area contributed by atoms with Crippen molar-refractivity contribution in [1.82, 2.24) is 25.0 Å². The second-order valence-corrected chi connectivity index (χ2v) is 8.02. The summed E-state index contributed by atoms with van der Waals surface area (Å²) in [5, 5.41) is 7.04. The molecule has 1 aromatic rings. The number of alkyl halides is 3. The lowest BCUT2D eigenvalue weighted by atomic mass is 9.98. The van der Waals surface area contributed by atoms with Crippen LogP contribution in [0.1, 0.15) is 50.3 Å². The van der Waals surface area contributed by atoms with Crippen LogP contribution in [0.2, 0.25) is 0 Å². The van der Waals surface area contributed by atoms with E-state index in [1.54, 1.807) is 4.68 Å². The minimum atomic E-state index is -4.47. The Bertz CT molecular complexity index is 828. The number of carbonyl (C=O) groups excluding carboxylic acids is 2. The van der Waals surface area contributed by atoms with Gasteiger partial charge in [-0.15, -0.1) is 0 Å². The van der Waals surface area contributed by atoms with Gasteiger partial charge in [0.05, 0.1) is 5.92 Å². The van der Waals surface area contributed by atoms with Gasteiger partial charge in [0.25, 0.3) is 0 Å². The molecule has 1 unspecified atom stereocenters. The van der Waals surface area contributed by atoms with Crippen LogP contribution < -0.4 is 5.32 Å². The predicted molar refractivity (Wildman–Crippen MR) is 96.6 cm³/mol. The molecule has 0 bridgehead atoms. The van der Waals surface area contributed by atoms with Gasteiger partial charge in [-0.2, -0.15) is 18.3 Å². The highest BCUT2D eigenvalue weighted by molar-refractivity contribution is 5.86. The number of hydrogen-bond donors (Lipinski definition) is 1. The van der Waals surface area contributed by atoms with Gasteiger partial charge in [0.2, 0.25) is 11.8 Å². The zero-order valence-corrected chi connectivity index (χ0v) is 16.0. The summed E-state index contributed by atoms with van der Waals surface area (Å²) in [7, 11) is 0. The molecule has 0 spiro atoms. The van der Waals surface area contributed by atoms with Crippen molar-refractivity contribution in [2.75, 3.05) is 19.6 Å². The van der Waals surface area contributed by atoms with Gasteiger partial charge in [-0.1, -0.05) is 11.6 Å². The number of nitrogens with one attached hydrogen (secondary N) is 1. The predicted octanol–water partition coefficient (Wildman–Crippen LogP) is 2.16. The molecule has 158 valence electrons. The van der Waals surface area contributed by atoms with E-state index in [-0.39, 0.29) is 31.2 Å². The van der Waals surface area contributed by atoms with Crippen LogP contribution >= 0.6 is 0 Å². The molecular formula is C19H24F3N5O2. The van der Waals surface area contributed by atoms with E-state index in [1.807, 2.05) is 6.08 Å². The molecule has 4 rings (SSSR count). The Kier molecular flexibility index (Phi) is 5.12. The summed E-state index contributed by atoms with van der Waals surface area (Å²) in [6.45, 7) is 1.72. The summed E-state index contributed by atoms with van der Waals surface area (Å²) in [5.41, 5.74) is -1.09. The minimum Gasteiger partial charge on any atom is -0.355 e. The Morgan fingerprint density at radius 2 is 2.07 bits per heavy atom. The molecule has 1 fully saturated rings. The minimum absolute atomic E-state index is 0.0759. The first-order valence-corrected chi connectivity index (χ1v) is 10.0. The molecule has 1 N–H and O–H groups in total. The van der Waals surface area contributed by atoms with E-state index >= 15 is 0 Å². The van der Waals surface area contributed by atoms with Crippen LogP contribution in [0, 0.1) is 5.41 Å². The maximum absolute atomic E-state index is 13.1. The third kappa shape index (κ3) is 3.76. The Balaban J connectivity index is 1.25.